The SMILES string of the molecule is O=C(c1cccnc1C(F)(F)F)N1Cc2[nH]cnc2C(c2ccccc2)C1. The van der Waals surface area contributed by atoms with Gasteiger partial charge in [-0.1, -0.05) is 30.3 Å². The van der Waals surface area contributed by atoms with Gasteiger partial charge in [0, 0.05) is 18.7 Å². The maximum absolute atomic E-state index is 13.3. The number of amides is 1. The Morgan fingerprint density at radius 3 is 2.63 bits per heavy atom. The summed E-state index contributed by atoms with van der Waals surface area (Å²) >= 11 is 0. The van der Waals surface area contributed by atoms with Gasteiger partial charge in [0.05, 0.1) is 29.8 Å². The lowest BCUT2D eigenvalue weighted by atomic mass is 9.90. The maximum atomic E-state index is 13.3. The van der Waals surface area contributed by atoms with Crippen LogP contribution in [0.25, 0.3) is 0 Å². The molecule has 3 aromatic rings. The van der Waals surface area contributed by atoms with Crippen LogP contribution in [0.3, 0.4) is 0 Å². The number of carbonyl (C=O) groups is 1. The largest absolute Gasteiger partial charge is 0.434 e. The highest BCUT2D eigenvalue weighted by Gasteiger charge is 2.39. The van der Waals surface area contributed by atoms with Gasteiger partial charge in [-0.3, -0.25) is 9.78 Å². The molecule has 1 unspecified atom stereocenters. The Bertz CT molecular complexity index is 968. The second kappa shape index (κ2) is 6.53. The van der Waals surface area contributed by atoms with Crippen molar-refractivity contribution in [2.75, 3.05) is 6.54 Å². The summed E-state index contributed by atoms with van der Waals surface area (Å²) in [7, 11) is 0. The van der Waals surface area contributed by atoms with E-state index < -0.39 is 23.3 Å². The van der Waals surface area contributed by atoms with E-state index in [0.29, 0.717) is 0 Å². The smallest absolute Gasteiger partial charge is 0.347 e. The number of hydrogen-bond donors (Lipinski definition) is 1. The number of halogens is 3. The Labute approximate surface area is 152 Å². The third kappa shape index (κ3) is 3.18. The number of imidazole rings is 1. The summed E-state index contributed by atoms with van der Waals surface area (Å²) in [6.07, 6.45) is -2.12. The van der Waals surface area contributed by atoms with Gasteiger partial charge in [-0.15, -0.1) is 0 Å². The van der Waals surface area contributed by atoms with E-state index in [9.17, 15) is 18.0 Å². The fourth-order valence-corrected chi connectivity index (χ4v) is 3.40. The molecule has 4 rings (SSSR count). The van der Waals surface area contributed by atoms with E-state index in [0.717, 1.165) is 29.2 Å². The van der Waals surface area contributed by atoms with Gasteiger partial charge in [-0.2, -0.15) is 13.2 Å². The lowest BCUT2D eigenvalue weighted by Gasteiger charge is -2.32. The predicted molar refractivity (Wildman–Crippen MR) is 90.9 cm³/mol. The normalized spacial score (nSPS) is 16.9. The van der Waals surface area contributed by atoms with Crippen LogP contribution in [0, 0.1) is 0 Å². The van der Waals surface area contributed by atoms with E-state index in [1.165, 1.54) is 11.0 Å². The van der Waals surface area contributed by atoms with E-state index >= 15 is 0 Å². The van der Waals surface area contributed by atoms with Crippen molar-refractivity contribution in [2.45, 2.75) is 18.6 Å². The van der Waals surface area contributed by atoms with Gasteiger partial charge in [-0.25, -0.2) is 4.98 Å². The monoisotopic (exact) mass is 372 g/mol. The zero-order valence-corrected chi connectivity index (χ0v) is 14.1. The van der Waals surface area contributed by atoms with Gasteiger partial charge in [0.2, 0.25) is 0 Å². The molecule has 2 aromatic heterocycles. The number of nitrogens with zero attached hydrogens (tertiary/aromatic N) is 3. The second-order valence-electron chi connectivity index (χ2n) is 6.31. The lowest BCUT2D eigenvalue weighted by Crippen LogP contribution is -2.39. The number of benzene rings is 1. The predicted octanol–water partition coefficient (Wildman–Crippen LogP) is 3.61. The van der Waals surface area contributed by atoms with E-state index in [2.05, 4.69) is 15.0 Å². The van der Waals surface area contributed by atoms with Crippen LogP contribution in [0.2, 0.25) is 0 Å². The molecule has 0 aliphatic carbocycles. The van der Waals surface area contributed by atoms with Crippen molar-refractivity contribution in [3.63, 3.8) is 0 Å². The maximum Gasteiger partial charge on any atom is 0.434 e. The molecular formula is C19H15F3N4O. The molecule has 1 N–H and O–H groups in total. The molecular weight excluding hydrogens is 357 g/mol. The second-order valence-corrected chi connectivity index (χ2v) is 6.31. The molecule has 1 amide bonds. The highest BCUT2D eigenvalue weighted by Crippen LogP contribution is 2.34. The molecule has 138 valence electrons. The summed E-state index contributed by atoms with van der Waals surface area (Å²) < 4.78 is 39.8. The van der Waals surface area contributed by atoms with Crippen molar-refractivity contribution in [3.8, 4) is 0 Å². The van der Waals surface area contributed by atoms with Crippen LogP contribution in [0.4, 0.5) is 13.2 Å². The quantitative estimate of drug-likeness (QED) is 0.748. The van der Waals surface area contributed by atoms with Crippen LogP contribution in [-0.4, -0.2) is 32.3 Å². The van der Waals surface area contributed by atoms with Crippen LogP contribution in [0.5, 0.6) is 0 Å². The van der Waals surface area contributed by atoms with E-state index in [1.54, 1.807) is 6.33 Å². The molecule has 0 bridgehead atoms. The van der Waals surface area contributed by atoms with Crippen molar-refractivity contribution in [1.29, 1.82) is 0 Å². The van der Waals surface area contributed by atoms with Crippen LogP contribution in [0.15, 0.2) is 55.0 Å². The van der Waals surface area contributed by atoms with Gasteiger partial charge in [0.25, 0.3) is 5.91 Å². The highest BCUT2D eigenvalue weighted by atomic mass is 19.4. The average Bonchev–Trinajstić information content (AvgIpc) is 3.15. The molecule has 0 radical (unpaired) electrons. The summed E-state index contributed by atoms with van der Waals surface area (Å²) in [6.45, 7) is 0.413. The number of rotatable bonds is 2. The number of hydrogen-bond acceptors (Lipinski definition) is 3. The summed E-state index contributed by atoms with van der Waals surface area (Å²) in [6, 6.07) is 12.0. The van der Waals surface area contributed by atoms with Crippen LogP contribution in [0.1, 0.15) is 38.9 Å². The van der Waals surface area contributed by atoms with Gasteiger partial charge in [-0.05, 0) is 17.7 Å². The average molecular weight is 372 g/mol. The minimum absolute atomic E-state index is 0.170. The first-order valence-electron chi connectivity index (χ1n) is 8.33. The van der Waals surface area contributed by atoms with Gasteiger partial charge < -0.3 is 9.88 Å². The number of H-pyrrole nitrogens is 1. The Balaban J connectivity index is 1.71. The molecule has 0 spiro atoms. The number of aromatic amines is 1. The van der Waals surface area contributed by atoms with Gasteiger partial charge in [0.15, 0.2) is 5.69 Å². The summed E-state index contributed by atoms with van der Waals surface area (Å²) in [4.78, 5) is 25.1. The van der Waals surface area contributed by atoms with Crippen LogP contribution >= 0.6 is 0 Å². The molecule has 1 aliphatic heterocycles. The molecule has 3 heterocycles. The molecule has 0 fully saturated rings. The standard InChI is InChI=1S/C19H15F3N4O/c20-19(21,22)17-13(7-4-8-23-17)18(27)26-9-14(12-5-2-1-3-6-12)16-15(10-26)24-11-25-16/h1-8,11,14H,9-10H2,(H,24,25). The molecule has 0 saturated heterocycles. The molecule has 1 aromatic carbocycles. The fourth-order valence-electron chi connectivity index (χ4n) is 3.40. The fraction of sp³-hybridized carbons (Fsp3) is 0.211. The zero-order valence-electron chi connectivity index (χ0n) is 14.1. The number of pyridine rings is 1. The third-order valence-electron chi connectivity index (χ3n) is 4.63. The number of alkyl halides is 3. The van der Waals surface area contributed by atoms with Gasteiger partial charge >= 0.3 is 6.18 Å². The number of fused-ring (bicyclic) bond motifs is 1. The van der Waals surface area contributed by atoms with Crippen molar-refractivity contribution >= 4 is 5.91 Å². The molecule has 27 heavy (non-hydrogen) atoms. The molecule has 8 heteroatoms. The first-order chi connectivity index (χ1) is 12.9. The lowest BCUT2D eigenvalue weighted by molar-refractivity contribution is -0.141. The Kier molecular flexibility index (Phi) is 4.18. The minimum Gasteiger partial charge on any atom is -0.347 e. The topological polar surface area (TPSA) is 61.9 Å². The summed E-state index contributed by atoms with van der Waals surface area (Å²) in [5.74, 6) is -0.909. The van der Waals surface area contributed by atoms with Crippen molar-refractivity contribution in [1.82, 2.24) is 19.9 Å². The van der Waals surface area contributed by atoms with Gasteiger partial charge in [0.1, 0.15) is 0 Å². The number of aromatic nitrogens is 3. The van der Waals surface area contributed by atoms with Crippen LogP contribution in [-0.2, 0) is 12.7 Å². The zero-order chi connectivity index (χ0) is 19.0. The molecule has 1 aliphatic rings. The molecule has 0 saturated carbocycles. The Hall–Kier alpha value is -3.16. The number of nitrogens with one attached hydrogen (secondary N) is 1. The Morgan fingerprint density at radius 1 is 1.11 bits per heavy atom. The van der Waals surface area contributed by atoms with Crippen molar-refractivity contribution in [2.24, 2.45) is 0 Å². The summed E-state index contributed by atoms with van der Waals surface area (Å²) in [5, 5.41) is 0. The number of carbonyl (C=O) groups excluding carboxylic acids is 1. The van der Waals surface area contributed by atoms with E-state index in [-0.39, 0.29) is 19.0 Å². The Morgan fingerprint density at radius 2 is 1.89 bits per heavy atom. The van der Waals surface area contributed by atoms with Crippen LogP contribution < -0.4 is 0 Å². The third-order valence-corrected chi connectivity index (χ3v) is 4.63. The first-order valence-corrected chi connectivity index (χ1v) is 8.33. The van der Waals surface area contributed by atoms with Crippen molar-refractivity contribution < 1.29 is 18.0 Å². The summed E-state index contributed by atoms with van der Waals surface area (Å²) in [5.41, 5.74) is 0.875. The molecule has 5 nitrogen and oxygen atoms in total. The van der Waals surface area contributed by atoms with E-state index in [1.807, 2.05) is 30.3 Å². The first kappa shape index (κ1) is 17.3. The molecule has 1 atom stereocenters. The van der Waals surface area contributed by atoms with E-state index in [4.69, 9.17) is 0 Å². The highest BCUT2D eigenvalue weighted by molar-refractivity contribution is 5.95. The van der Waals surface area contributed by atoms with Crippen molar-refractivity contribution in [3.05, 3.63) is 83.2 Å². The minimum atomic E-state index is -4.69.